The summed E-state index contributed by atoms with van der Waals surface area (Å²) in [6.45, 7) is 17.7. The maximum absolute atomic E-state index is 4.27. The van der Waals surface area contributed by atoms with Gasteiger partial charge in [0.2, 0.25) is 0 Å². The van der Waals surface area contributed by atoms with Crippen molar-refractivity contribution in [2.24, 2.45) is 5.41 Å². The fraction of sp³-hybridized carbons (Fsp3) is 0.619. The van der Waals surface area contributed by atoms with Gasteiger partial charge in [0, 0.05) is 0 Å². The first kappa shape index (κ1) is 18.0. The molecule has 0 nitrogen and oxygen atoms in total. The molecule has 1 aliphatic carbocycles. The lowest BCUT2D eigenvalue weighted by atomic mass is 9.76. The Hall–Kier alpha value is -1.04. The van der Waals surface area contributed by atoms with Gasteiger partial charge >= 0.3 is 0 Å². The summed E-state index contributed by atoms with van der Waals surface area (Å²) in [7, 11) is 0. The molecule has 0 aromatic carbocycles. The molecule has 0 bridgehead atoms. The van der Waals surface area contributed by atoms with Crippen LogP contribution in [0.1, 0.15) is 80.1 Å². The summed E-state index contributed by atoms with van der Waals surface area (Å²) in [5.74, 6) is 0. The molecule has 1 rings (SSSR count). The van der Waals surface area contributed by atoms with E-state index in [2.05, 4.69) is 60.3 Å². The quantitative estimate of drug-likeness (QED) is 0.436. The molecule has 0 radical (unpaired) electrons. The fourth-order valence-electron chi connectivity index (χ4n) is 3.93. The maximum Gasteiger partial charge on any atom is -0.0210 e. The average Bonchev–Trinajstić information content (AvgIpc) is 2.85. The zero-order valence-electron chi connectivity index (χ0n) is 15.1. The summed E-state index contributed by atoms with van der Waals surface area (Å²) >= 11 is 0. The minimum absolute atomic E-state index is 0.471. The van der Waals surface area contributed by atoms with Crippen molar-refractivity contribution in [2.45, 2.75) is 80.1 Å². The van der Waals surface area contributed by atoms with Gasteiger partial charge in [-0.25, -0.2) is 0 Å². The molecule has 0 N–H and O–H groups in total. The number of rotatable bonds is 7. The zero-order valence-corrected chi connectivity index (χ0v) is 15.1. The van der Waals surface area contributed by atoms with Crippen molar-refractivity contribution in [1.82, 2.24) is 0 Å². The summed E-state index contributed by atoms with van der Waals surface area (Å²) in [5, 5.41) is 0. The van der Waals surface area contributed by atoms with Crippen molar-refractivity contribution >= 4 is 0 Å². The first-order valence-electron chi connectivity index (χ1n) is 8.68. The lowest BCUT2D eigenvalue weighted by Gasteiger charge is -2.28. The Kier molecular flexibility index (Phi) is 6.71. The Morgan fingerprint density at radius 1 is 1.10 bits per heavy atom. The molecule has 21 heavy (non-hydrogen) atoms. The molecule has 0 heteroatoms. The lowest BCUT2D eigenvalue weighted by molar-refractivity contribution is 0.264. The maximum atomic E-state index is 4.27. The Morgan fingerprint density at radius 2 is 1.71 bits per heavy atom. The second-order valence-electron chi connectivity index (χ2n) is 6.56. The van der Waals surface area contributed by atoms with Crippen LogP contribution in [-0.4, -0.2) is 0 Å². The normalized spacial score (nSPS) is 23.9. The summed E-state index contributed by atoms with van der Waals surface area (Å²) < 4.78 is 0. The Bertz CT molecular complexity index is 470. The second-order valence-corrected chi connectivity index (χ2v) is 6.56. The van der Waals surface area contributed by atoms with Gasteiger partial charge in [0.15, 0.2) is 0 Å². The van der Waals surface area contributed by atoms with Crippen LogP contribution in [0.5, 0.6) is 0 Å². The van der Waals surface area contributed by atoms with Crippen LogP contribution in [0.4, 0.5) is 0 Å². The minimum atomic E-state index is 0.471. The first-order chi connectivity index (χ1) is 9.98. The van der Waals surface area contributed by atoms with Crippen molar-refractivity contribution in [1.29, 1.82) is 0 Å². The number of hydrogen-bond donors (Lipinski definition) is 0. The van der Waals surface area contributed by atoms with Crippen molar-refractivity contribution in [3.63, 3.8) is 0 Å². The molecule has 118 valence electrons. The molecular weight excluding hydrogens is 252 g/mol. The number of hydrogen-bond acceptors (Lipinski definition) is 0. The van der Waals surface area contributed by atoms with Crippen LogP contribution in [0, 0.1) is 5.41 Å². The molecule has 0 fully saturated rings. The summed E-state index contributed by atoms with van der Waals surface area (Å²) in [4.78, 5) is 0. The van der Waals surface area contributed by atoms with Crippen molar-refractivity contribution in [3.05, 3.63) is 46.6 Å². The van der Waals surface area contributed by atoms with Gasteiger partial charge in [-0.15, -0.1) is 0 Å². The Morgan fingerprint density at radius 3 is 2.10 bits per heavy atom. The van der Waals surface area contributed by atoms with E-state index in [1.165, 1.54) is 54.4 Å². The predicted octanol–water partition coefficient (Wildman–Crippen LogP) is 7.15. The second kappa shape index (κ2) is 7.82. The fourth-order valence-corrected chi connectivity index (χ4v) is 3.93. The largest absolute Gasteiger partial charge is 0.0958 e. The van der Waals surface area contributed by atoms with E-state index >= 15 is 0 Å². The molecule has 0 aliphatic heterocycles. The molecule has 1 atom stereocenters. The van der Waals surface area contributed by atoms with Gasteiger partial charge in [0.05, 0.1) is 0 Å². The molecule has 0 saturated heterocycles. The Labute approximate surface area is 132 Å². The summed E-state index contributed by atoms with van der Waals surface area (Å²) in [6, 6.07) is 0. The van der Waals surface area contributed by atoms with Gasteiger partial charge < -0.3 is 0 Å². The molecule has 0 saturated carbocycles. The van der Waals surface area contributed by atoms with Crippen LogP contribution in [-0.2, 0) is 0 Å². The third-order valence-corrected chi connectivity index (χ3v) is 5.20. The van der Waals surface area contributed by atoms with Gasteiger partial charge in [-0.1, -0.05) is 51.5 Å². The van der Waals surface area contributed by atoms with Crippen molar-refractivity contribution in [2.75, 3.05) is 0 Å². The highest BCUT2D eigenvalue weighted by Gasteiger charge is 2.37. The molecule has 0 aromatic rings. The predicted molar refractivity (Wildman–Crippen MR) is 96.5 cm³/mol. The SMILES string of the molecule is C=C(C)C1=C(C(=C\C)/C(=C/C)CC)CC(CC)(CCC)C1. The van der Waals surface area contributed by atoms with E-state index in [9.17, 15) is 0 Å². The monoisotopic (exact) mass is 286 g/mol. The van der Waals surface area contributed by atoms with Crippen LogP contribution >= 0.6 is 0 Å². The molecule has 0 aromatic heterocycles. The van der Waals surface area contributed by atoms with Gasteiger partial charge in [-0.05, 0) is 80.6 Å². The smallest absolute Gasteiger partial charge is 0.0210 e. The van der Waals surface area contributed by atoms with Gasteiger partial charge in [-0.2, -0.15) is 0 Å². The lowest BCUT2D eigenvalue weighted by Crippen LogP contribution is -2.16. The van der Waals surface area contributed by atoms with E-state index in [0.717, 1.165) is 6.42 Å². The van der Waals surface area contributed by atoms with E-state index in [1.54, 1.807) is 5.57 Å². The molecule has 0 heterocycles. The van der Waals surface area contributed by atoms with Crippen molar-refractivity contribution in [3.8, 4) is 0 Å². The van der Waals surface area contributed by atoms with Crippen LogP contribution in [0.2, 0.25) is 0 Å². The third-order valence-electron chi connectivity index (χ3n) is 5.20. The molecule has 0 amide bonds. The van der Waals surface area contributed by atoms with Gasteiger partial charge in [-0.3, -0.25) is 0 Å². The summed E-state index contributed by atoms with van der Waals surface area (Å²) in [5.41, 5.74) is 7.81. The van der Waals surface area contributed by atoms with E-state index in [-0.39, 0.29) is 0 Å². The highest BCUT2D eigenvalue weighted by atomic mass is 14.4. The van der Waals surface area contributed by atoms with Crippen LogP contribution in [0.25, 0.3) is 0 Å². The number of allylic oxidation sites excluding steroid dienone is 7. The van der Waals surface area contributed by atoms with E-state index < -0.39 is 0 Å². The Balaban J connectivity index is 3.28. The highest BCUT2D eigenvalue weighted by Crippen LogP contribution is 2.52. The topological polar surface area (TPSA) is 0 Å². The van der Waals surface area contributed by atoms with Crippen LogP contribution < -0.4 is 0 Å². The van der Waals surface area contributed by atoms with E-state index in [4.69, 9.17) is 0 Å². The minimum Gasteiger partial charge on any atom is -0.0958 e. The van der Waals surface area contributed by atoms with Crippen molar-refractivity contribution < 1.29 is 0 Å². The van der Waals surface area contributed by atoms with E-state index in [0.29, 0.717) is 5.41 Å². The summed E-state index contributed by atoms with van der Waals surface area (Å²) in [6.07, 6.45) is 12.0. The molecule has 1 aliphatic rings. The average molecular weight is 287 g/mol. The molecule has 0 spiro atoms. The molecular formula is C21H34. The van der Waals surface area contributed by atoms with Crippen LogP contribution in [0.3, 0.4) is 0 Å². The highest BCUT2D eigenvalue weighted by molar-refractivity contribution is 5.55. The van der Waals surface area contributed by atoms with Crippen LogP contribution in [0.15, 0.2) is 46.6 Å². The zero-order chi connectivity index (χ0) is 16.0. The van der Waals surface area contributed by atoms with Gasteiger partial charge in [0.1, 0.15) is 0 Å². The van der Waals surface area contributed by atoms with E-state index in [1.807, 2.05) is 0 Å². The standard InChI is InChI=1S/C21H34/c1-8-13-21(12-5)14-19(16(6)7)20(15-21)18(11-4)17(9-2)10-3/h9,11H,6,8,10,12-15H2,1-5,7H3/b17-9+,18-11-. The first-order valence-corrected chi connectivity index (χ1v) is 8.68. The third kappa shape index (κ3) is 3.78. The molecule has 1 unspecified atom stereocenters. The van der Waals surface area contributed by atoms with Gasteiger partial charge in [0.25, 0.3) is 0 Å².